The minimum Gasteiger partial charge on any atom is -0.494 e. The summed E-state index contributed by atoms with van der Waals surface area (Å²) in [5.74, 6) is -0.631. The number of halogens is 3. The largest absolute Gasteiger partial charge is 0.494 e. The Bertz CT molecular complexity index is 477. The van der Waals surface area contributed by atoms with E-state index in [-0.39, 0.29) is 12.2 Å². The Morgan fingerprint density at radius 2 is 2.00 bits per heavy atom. The molecule has 124 valence electrons. The molecular weight excluding hydrogens is 299 g/mol. The van der Waals surface area contributed by atoms with E-state index in [9.17, 15) is 18.0 Å². The smallest absolute Gasteiger partial charge is 0.416 e. The molecule has 0 radical (unpaired) electrons. The first-order valence-electron chi connectivity index (χ1n) is 6.99. The zero-order valence-corrected chi connectivity index (χ0v) is 12.4. The van der Waals surface area contributed by atoms with E-state index in [1.807, 2.05) is 11.9 Å². The Morgan fingerprint density at radius 3 is 2.64 bits per heavy atom. The fraction of sp³-hybridized carbons (Fsp3) is 0.533. The number of aliphatic carboxylic acids is 1. The van der Waals surface area contributed by atoms with Gasteiger partial charge in [0.25, 0.3) is 0 Å². The number of nitrogens with zero attached hydrogens (tertiary/aromatic N) is 1. The van der Waals surface area contributed by atoms with Gasteiger partial charge in [-0.15, -0.1) is 0 Å². The lowest BCUT2D eigenvalue weighted by atomic mass is 10.2. The number of alkyl halides is 3. The van der Waals surface area contributed by atoms with Gasteiger partial charge in [0.2, 0.25) is 0 Å². The van der Waals surface area contributed by atoms with Crippen LogP contribution in [0.1, 0.15) is 24.8 Å². The highest BCUT2D eigenvalue weighted by Gasteiger charge is 2.30. The zero-order chi connectivity index (χ0) is 16.6. The molecule has 0 bridgehead atoms. The minimum absolute atomic E-state index is 0.0945. The van der Waals surface area contributed by atoms with E-state index in [4.69, 9.17) is 9.84 Å². The number of carbonyl (C=O) groups is 1. The Hall–Kier alpha value is -1.76. The number of carboxylic acid groups (broad SMARTS) is 1. The monoisotopic (exact) mass is 319 g/mol. The number of benzene rings is 1. The average Bonchev–Trinajstić information content (AvgIpc) is 2.44. The first-order chi connectivity index (χ1) is 10.3. The van der Waals surface area contributed by atoms with Gasteiger partial charge in [0.05, 0.1) is 18.6 Å². The summed E-state index contributed by atoms with van der Waals surface area (Å²) in [6, 6.07) is 4.80. The van der Waals surface area contributed by atoms with Gasteiger partial charge in [-0.05, 0) is 44.6 Å². The summed E-state index contributed by atoms with van der Waals surface area (Å²) >= 11 is 0. The van der Waals surface area contributed by atoms with E-state index < -0.39 is 17.7 Å². The second kappa shape index (κ2) is 8.63. The van der Waals surface area contributed by atoms with Crippen LogP contribution in [0.25, 0.3) is 0 Å². The highest BCUT2D eigenvalue weighted by molar-refractivity contribution is 5.66. The molecule has 4 nitrogen and oxygen atoms in total. The minimum atomic E-state index is -4.37. The third-order valence-electron chi connectivity index (χ3n) is 3.07. The van der Waals surface area contributed by atoms with E-state index >= 15 is 0 Å². The number of hydrogen-bond acceptors (Lipinski definition) is 3. The molecule has 0 heterocycles. The molecule has 0 unspecified atom stereocenters. The normalized spacial score (nSPS) is 11.7. The molecule has 0 saturated heterocycles. The van der Waals surface area contributed by atoms with Crippen molar-refractivity contribution in [3.8, 4) is 5.75 Å². The van der Waals surface area contributed by atoms with Crippen LogP contribution in [0.15, 0.2) is 24.3 Å². The van der Waals surface area contributed by atoms with Crippen molar-refractivity contribution in [2.75, 3.05) is 26.7 Å². The first-order valence-corrected chi connectivity index (χ1v) is 6.99. The quantitative estimate of drug-likeness (QED) is 0.710. The number of unbranched alkanes of at least 4 members (excludes halogenated alkanes) is 1. The van der Waals surface area contributed by atoms with E-state index in [0.717, 1.165) is 25.1 Å². The van der Waals surface area contributed by atoms with Crippen LogP contribution in [0.5, 0.6) is 5.75 Å². The molecule has 1 rings (SSSR count). The van der Waals surface area contributed by atoms with Crippen LogP contribution in [0, 0.1) is 0 Å². The van der Waals surface area contributed by atoms with Gasteiger partial charge in [0, 0.05) is 6.54 Å². The molecule has 0 aliphatic heterocycles. The van der Waals surface area contributed by atoms with Gasteiger partial charge in [-0.1, -0.05) is 6.07 Å². The molecule has 0 atom stereocenters. The molecule has 7 heteroatoms. The second-order valence-electron chi connectivity index (χ2n) is 5.03. The van der Waals surface area contributed by atoms with Crippen molar-refractivity contribution in [2.45, 2.75) is 25.4 Å². The Kier molecular flexibility index (Phi) is 7.17. The molecule has 1 N–H and O–H groups in total. The van der Waals surface area contributed by atoms with Gasteiger partial charge >= 0.3 is 12.1 Å². The van der Waals surface area contributed by atoms with Crippen LogP contribution >= 0.6 is 0 Å². The van der Waals surface area contributed by atoms with Crippen LogP contribution in [0.3, 0.4) is 0 Å². The molecule has 0 fully saturated rings. The molecule has 0 aromatic heterocycles. The van der Waals surface area contributed by atoms with Gasteiger partial charge in [0.15, 0.2) is 0 Å². The molecule has 0 spiro atoms. The van der Waals surface area contributed by atoms with Crippen LogP contribution in [-0.4, -0.2) is 42.7 Å². The number of ether oxygens (including phenoxy) is 1. The average molecular weight is 319 g/mol. The highest BCUT2D eigenvalue weighted by atomic mass is 19.4. The summed E-state index contributed by atoms with van der Waals surface area (Å²) in [5.41, 5.74) is -0.724. The second-order valence-corrected chi connectivity index (χ2v) is 5.03. The molecular formula is C15H20F3NO3. The summed E-state index contributed by atoms with van der Waals surface area (Å²) in [6.07, 6.45) is -2.80. The summed E-state index contributed by atoms with van der Waals surface area (Å²) < 4.78 is 42.9. The third kappa shape index (κ3) is 7.31. The molecule has 0 amide bonds. The van der Waals surface area contributed by atoms with Crippen molar-refractivity contribution < 1.29 is 27.8 Å². The van der Waals surface area contributed by atoms with E-state index in [1.54, 1.807) is 0 Å². The fourth-order valence-corrected chi connectivity index (χ4v) is 1.83. The fourth-order valence-electron chi connectivity index (χ4n) is 1.83. The number of rotatable bonds is 9. The summed E-state index contributed by atoms with van der Waals surface area (Å²) in [6.45, 7) is 1.52. The van der Waals surface area contributed by atoms with Gasteiger partial charge in [-0.2, -0.15) is 13.2 Å². The Balaban J connectivity index is 2.24. The van der Waals surface area contributed by atoms with Crippen molar-refractivity contribution in [3.05, 3.63) is 29.8 Å². The lowest BCUT2D eigenvalue weighted by Gasteiger charge is -2.15. The van der Waals surface area contributed by atoms with Gasteiger partial charge in [0.1, 0.15) is 5.75 Å². The molecule has 22 heavy (non-hydrogen) atoms. The maximum absolute atomic E-state index is 12.5. The molecule has 0 aliphatic carbocycles. The van der Waals surface area contributed by atoms with E-state index in [1.165, 1.54) is 12.1 Å². The third-order valence-corrected chi connectivity index (χ3v) is 3.07. The Labute approximate surface area is 127 Å². The summed E-state index contributed by atoms with van der Waals surface area (Å²) in [5, 5.41) is 8.55. The number of carboxylic acids is 1. The lowest BCUT2D eigenvalue weighted by molar-refractivity contribution is -0.138. The predicted molar refractivity (Wildman–Crippen MR) is 75.9 cm³/mol. The molecule has 1 aromatic rings. The SMILES string of the molecule is CN(CCCCOc1cccc(C(F)(F)F)c1)CCC(=O)O. The molecule has 1 aromatic carbocycles. The summed E-state index contributed by atoms with van der Waals surface area (Å²) in [7, 11) is 1.83. The predicted octanol–water partition coefficient (Wildman–Crippen LogP) is 3.27. The van der Waals surface area contributed by atoms with Gasteiger partial charge in [-0.25, -0.2) is 0 Å². The van der Waals surface area contributed by atoms with Crippen LogP contribution in [0.2, 0.25) is 0 Å². The zero-order valence-electron chi connectivity index (χ0n) is 12.4. The highest BCUT2D eigenvalue weighted by Crippen LogP contribution is 2.31. The first kappa shape index (κ1) is 18.3. The van der Waals surface area contributed by atoms with Crippen molar-refractivity contribution in [2.24, 2.45) is 0 Å². The topological polar surface area (TPSA) is 49.8 Å². The lowest BCUT2D eigenvalue weighted by Crippen LogP contribution is -2.23. The van der Waals surface area contributed by atoms with Crippen molar-refractivity contribution in [1.29, 1.82) is 0 Å². The Morgan fingerprint density at radius 1 is 1.27 bits per heavy atom. The number of hydrogen-bond donors (Lipinski definition) is 1. The van der Waals surface area contributed by atoms with Crippen molar-refractivity contribution in [1.82, 2.24) is 4.90 Å². The molecule has 0 saturated carbocycles. The standard InChI is InChI=1S/C15H20F3NO3/c1-19(9-7-14(20)21)8-2-3-10-22-13-6-4-5-12(11-13)15(16,17)18/h4-6,11H,2-3,7-10H2,1H3,(H,20,21). The van der Waals surface area contributed by atoms with Crippen molar-refractivity contribution >= 4 is 5.97 Å². The summed E-state index contributed by atoms with van der Waals surface area (Å²) in [4.78, 5) is 12.3. The molecule has 0 aliphatic rings. The van der Waals surface area contributed by atoms with Crippen LogP contribution < -0.4 is 4.74 Å². The van der Waals surface area contributed by atoms with Crippen molar-refractivity contribution in [3.63, 3.8) is 0 Å². The van der Waals surface area contributed by atoms with Crippen LogP contribution in [0.4, 0.5) is 13.2 Å². The van der Waals surface area contributed by atoms with E-state index in [0.29, 0.717) is 19.6 Å². The van der Waals surface area contributed by atoms with Gasteiger partial charge < -0.3 is 14.7 Å². The maximum Gasteiger partial charge on any atom is 0.416 e. The van der Waals surface area contributed by atoms with Crippen LogP contribution in [-0.2, 0) is 11.0 Å². The van der Waals surface area contributed by atoms with Gasteiger partial charge in [-0.3, -0.25) is 4.79 Å². The van der Waals surface area contributed by atoms with E-state index in [2.05, 4.69) is 0 Å². The maximum atomic E-state index is 12.5.